The van der Waals surface area contributed by atoms with Crippen molar-refractivity contribution in [2.45, 2.75) is 0 Å². The molecule has 4 nitrogen and oxygen atoms in total. The SMILES string of the molecule is c1ncc2nc[n-]c2n1. The number of imidazole rings is 1. The Morgan fingerprint density at radius 2 is 2.33 bits per heavy atom. The standard InChI is InChI=1S/C5H3N4/c1-4-5(8-2-6-1)9-3-7-4/h1-3H/q-1. The summed E-state index contributed by atoms with van der Waals surface area (Å²) in [6.45, 7) is 0. The molecule has 2 aromatic heterocycles. The molecule has 0 aromatic carbocycles. The first-order chi connectivity index (χ1) is 4.47. The van der Waals surface area contributed by atoms with Crippen molar-refractivity contribution < 1.29 is 0 Å². The van der Waals surface area contributed by atoms with Crippen LogP contribution in [0.5, 0.6) is 0 Å². The molecule has 0 unspecified atom stereocenters. The van der Waals surface area contributed by atoms with Crippen molar-refractivity contribution >= 4 is 11.2 Å². The van der Waals surface area contributed by atoms with E-state index in [1.54, 1.807) is 6.20 Å². The Balaban J connectivity index is 2.95. The molecule has 0 bridgehead atoms. The maximum Gasteiger partial charge on any atom is 0.0462 e. The van der Waals surface area contributed by atoms with E-state index < -0.39 is 0 Å². The van der Waals surface area contributed by atoms with E-state index in [9.17, 15) is 0 Å². The Labute approximate surface area is 51.0 Å². The molecule has 0 aliphatic rings. The lowest BCUT2D eigenvalue weighted by Crippen LogP contribution is -1.77. The third-order valence-corrected chi connectivity index (χ3v) is 1.05. The minimum Gasteiger partial charge on any atom is -0.367 e. The van der Waals surface area contributed by atoms with Gasteiger partial charge in [0.1, 0.15) is 0 Å². The van der Waals surface area contributed by atoms with Gasteiger partial charge in [0.25, 0.3) is 0 Å². The van der Waals surface area contributed by atoms with Gasteiger partial charge in [-0.1, -0.05) is 0 Å². The van der Waals surface area contributed by atoms with Crippen molar-refractivity contribution in [3.05, 3.63) is 18.9 Å². The van der Waals surface area contributed by atoms with Crippen LogP contribution >= 0.6 is 0 Å². The summed E-state index contributed by atoms with van der Waals surface area (Å²) in [6.07, 6.45) is 4.56. The number of fused-ring (bicyclic) bond motifs is 1. The number of hydrogen-bond acceptors (Lipinski definition) is 3. The summed E-state index contributed by atoms with van der Waals surface area (Å²) in [5, 5.41) is 0. The molecule has 0 saturated heterocycles. The van der Waals surface area contributed by atoms with E-state index in [0.29, 0.717) is 5.65 Å². The Morgan fingerprint density at radius 3 is 3.22 bits per heavy atom. The van der Waals surface area contributed by atoms with Crippen molar-refractivity contribution in [3.8, 4) is 0 Å². The quantitative estimate of drug-likeness (QED) is 0.489. The minimum absolute atomic E-state index is 0.657. The van der Waals surface area contributed by atoms with E-state index in [1.807, 2.05) is 0 Å². The van der Waals surface area contributed by atoms with Crippen LogP contribution in [0.4, 0.5) is 0 Å². The molecule has 0 N–H and O–H groups in total. The van der Waals surface area contributed by atoms with Crippen molar-refractivity contribution in [1.82, 2.24) is 19.9 Å². The fourth-order valence-electron chi connectivity index (χ4n) is 0.652. The van der Waals surface area contributed by atoms with Gasteiger partial charge in [-0.2, -0.15) is 0 Å². The molecule has 2 heterocycles. The lowest BCUT2D eigenvalue weighted by atomic mass is 10.6. The van der Waals surface area contributed by atoms with Crippen LogP contribution in [0.3, 0.4) is 0 Å². The zero-order valence-electron chi connectivity index (χ0n) is 4.52. The number of rotatable bonds is 0. The van der Waals surface area contributed by atoms with Gasteiger partial charge in [0.15, 0.2) is 0 Å². The zero-order chi connectivity index (χ0) is 6.10. The van der Waals surface area contributed by atoms with Crippen LogP contribution in [0.15, 0.2) is 18.9 Å². The lowest BCUT2D eigenvalue weighted by molar-refractivity contribution is 1.19. The van der Waals surface area contributed by atoms with Gasteiger partial charge in [-0.3, -0.25) is 4.98 Å². The maximum absolute atomic E-state index is 3.88. The molecule has 4 heteroatoms. The second kappa shape index (κ2) is 1.51. The van der Waals surface area contributed by atoms with Gasteiger partial charge in [-0.05, 0) is 6.33 Å². The highest BCUT2D eigenvalue weighted by atomic mass is 15.0. The highest BCUT2D eigenvalue weighted by Gasteiger charge is 1.81. The second-order valence-electron chi connectivity index (χ2n) is 1.61. The van der Waals surface area contributed by atoms with Crippen LogP contribution < -0.4 is 4.98 Å². The fraction of sp³-hybridized carbons (Fsp3) is 0. The monoisotopic (exact) mass is 119 g/mol. The zero-order valence-corrected chi connectivity index (χ0v) is 4.52. The van der Waals surface area contributed by atoms with Crippen LogP contribution in [-0.2, 0) is 0 Å². The van der Waals surface area contributed by atoms with Crippen LogP contribution in [-0.4, -0.2) is 15.0 Å². The summed E-state index contributed by atoms with van der Waals surface area (Å²) in [4.78, 5) is 15.4. The maximum atomic E-state index is 3.88. The van der Waals surface area contributed by atoms with Gasteiger partial charge in [-0.15, -0.1) is 0 Å². The average molecular weight is 119 g/mol. The van der Waals surface area contributed by atoms with Crippen molar-refractivity contribution in [1.29, 1.82) is 0 Å². The Kier molecular flexibility index (Phi) is 0.745. The molecule has 0 fully saturated rings. The minimum atomic E-state index is 0.657. The molecule has 9 heavy (non-hydrogen) atoms. The molecular formula is C5H3N4-. The summed E-state index contributed by atoms with van der Waals surface area (Å²) >= 11 is 0. The average Bonchev–Trinajstić information content (AvgIpc) is 2.33. The third kappa shape index (κ3) is 0.561. The third-order valence-electron chi connectivity index (χ3n) is 1.05. The van der Waals surface area contributed by atoms with E-state index in [-0.39, 0.29) is 0 Å². The van der Waals surface area contributed by atoms with Gasteiger partial charge in [0, 0.05) is 23.7 Å². The lowest BCUT2D eigenvalue weighted by Gasteiger charge is -1.89. The summed E-state index contributed by atoms with van der Waals surface area (Å²) in [5.74, 6) is 0. The van der Waals surface area contributed by atoms with E-state index in [4.69, 9.17) is 0 Å². The molecule has 0 atom stereocenters. The van der Waals surface area contributed by atoms with Crippen LogP contribution in [0.25, 0.3) is 11.2 Å². The van der Waals surface area contributed by atoms with Gasteiger partial charge in [0.2, 0.25) is 0 Å². The van der Waals surface area contributed by atoms with Gasteiger partial charge in [0.05, 0.1) is 0 Å². The van der Waals surface area contributed by atoms with Crippen molar-refractivity contribution in [2.24, 2.45) is 0 Å². The molecule has 2 rings (SSSR count). The van der Waals surface area contributed by atoms with Gasteiger partial charge in [-0.25, -0.2) is 0 Å². The molecule has 0 aliphatic heterocycles. The molecule has 0 amide bonds. The number of aromatic nitrogens is 4. The largest absolute Gasteiger partial charge is 0.367 e. The van der Waals surface area contributed by atoms with Crippen LogP contribution in [0.2, 0.25) is 0 Å². The first kappa shape index (κ1) is 4.43. The second-order valence-corrected chi connectivity index (χ2v) is 1.61. The van der Waals surface area contributed by atoms with Gasteiger partial charge >= 0.3 is 0 Å². The van der Waals surface area contributed by atoms with Gasteiger partial charge < -0.3 is 15.0 Å². The van der Waals surface area contributed by atoms with Crippen LogP contribution in [0.1, 0.15) is 0 Å². The smallest absolute Gasteiger partial charge is 0.0462 e. The topological polar surface area (TPSA) is 52.8 Å². The summed E-state index contributed by atoms with van der Waals surface area (Å²) in [7, 11) is 0. The fourth-order valence-corrected chi connectivity index (χ4v) is 0.652. The molecule has 44 valence electrons. The van der Waals surface area contributed by atoms with E-state index >= 15 is 0 Å². The Hall–Kier alpha value is -1.45. The van der Waals surface area contributed by atoms with E-state index in [1.165, 1.54) is 12.7 Å². The van der Waals surface area contributed by atoms with E-state index in [0.717, 1.165) is 5.52 Å². The molecule has 0 aliphatic carbocycles. The highest BCUT2D eigenvalue weighted by Crippen LogP contribution is 1.98. The summed E-state index contributed by atoms with van der Waals surface area (Å²) in [6, 6.07) is 0. The molecular weight excluding hydrogens is 116 g/mol. The van der Waals surface area contributed by atoms with E-state index in [2.05, 4.69) is 19.9 Å². The first-order valence-electron chi connectivity index (χ1n) is 2.50. The summed E-state index contributed by atoms with van der Waals surface area (Å²) in [5.41, 5.74) is 1.41. The molecule has 0 saturated carbocycles. The predicted molar refractivity (Wildman–Crippen MR) is 30.7 cm³/mol. The van der Waals surface area contributed by atoms with Crippen molar-refractivity contribution in [2.75, 3.05) is 0 Å². The Morgan fingerprint density at radius 1 is 1.33 bits per heavy atom. The molecule has 0 radical (unpaired) electrons. The Bertz CT molecular complexity index is 283. The highest BCUT2D eigenvalue weighted by molar-refractivity contribution is 5.67. The number of hydrogen-bond donors (Lipinski definition) is 0. The van der Waals surface area contributed by atoms with Crippen molar-refractivity contribution in [3.63, 3.8) is 0 Å². The first-order valence-corrected chi connectivity index (χ1v) is 2.50. The molecule has 2 aromatic rings. The number of nitrogens with zero attached hydrogens (tertiary/aromatic N) is 4. The molecule has 0 spiro atoms. The predicted octanol–water partition coefficient (Wildman–Crippen LogP) is -0.0180. The normalized spacial score (nSPS) is 10.2. The van der Waals surface area contributed by atoms with Crippen LogP contribution in [0, 0.1) is 0 Å². The summed E-state index contributed by atoms with van der Waals surface area (Å²) < 4.78 is 0.